The number of benzene rings is 1. The van der Waals surface area contributed by atoms with E-state index in [0.29, 0.717) is 24.6 Å². The minimum Gasteiger partial charge on any atom is -0.368 e. The van der Waals surface area contributed by atoms with Crippen LogP contribution in [0.3, 0.4) is 0 Å². The first-order valence-corrected chi connectivity index (χ1v) is 9.85. The third-order valence-corrected chi connectivity index (χ3v) is 6.28. The molecule has 3 saturated heterocycles. The van der Waals surface area contributed by atoms with Crippen molar-refractivity contribution in [3.8, 4) is 0 Å². The first-order chi connectivity index (χ1) is 12.5. The Morgan fingerprint density at radius 3 is 2.62 bits per heavy atom. The van der Waals surface area contributed by atoms with Crippen molar-refractivity contribution in [2.75, 3.05) is 26.2 Å². The van der Waals surface area contributed by atoms with E-state index in [1.54, 1.807) is 0 Å². The van der Waals surface area contributed by atoms with Gasteiger partial charge in [-0.3, -0.25) is 9.59 Å². The monoisotopic (exact) mass is 376 g/mol. The van der Waals surface area contributed by atoms with Crippen molar-refractivity contribution in [1.29, 1.82) is 0 Å². The van der Waals surface area contributed by atoms with Gasteiger partial charge in [0, 0.05) is 49.6 Å². The van der Waals surface area contributed by atoms with Gasteiger partial charge in [0.1, 0.15) is 6.10 Å². The van der Waals surface area contributed by atoms with Crippen molar-refractivity contribution in [2.24, 2.45) is 5.41 Å². The Labute approximate surface area is 159 Å². The van der Waals surface area contributed by atoms with Crippen LogP contribution in [0, 0.1) is 5.41 Å². The summed E-state index contributed by atoms with van der Waals surface area (Å²) >= 11 is 5.94. The zero-order valence-electron chi connectivity index (χ0n) is 15.0. The number of halogens is 1. The molecule has 6 heteroatoms. The summed E-state index contributed by atoms with van der Waals surface area (Å²) in [5.74, 6) is 0.360. The van der Waals surface area contributed by atoms with Crippen LogP contribution >= 0.6 is 11.6 Å². The van der Waals surface area contributed by atoms with Gasteiger partial charge >= 0.3 is 0 Å². The Morgan fingerprint density at radius 1 is 1.23 bits per heavy atom. The minimum atomic E-state index is -0.240. The van der Waals surface area contributed by atoms with Gasteiger partial charge in [0.15, 0.2) is 0 Å². The number of ether oxygens (including phenoxy) is 1. The molecule has 4 rings (SSSR count). The molecule has 140 valence electrons. The van der Waals surface area contributed by atoms with Crippen LogP contribution < -0.4 is 0 Å². The van der Waals surface area contributed by atoms with Crippen LogP contribution in [0.4, 0.5) is 0 Å². The molecule has 3 aliphatic heterocycles. The van der Waals surface area contributed by atoms with Gasteiger partial charge in [0.2, 0.25) is 5.91 Å². The molecule has 26 heavy (non-hydrogen) atoms. The number of amides is 2. The van der Waals surface area contributed by atoms with Crippen LogP contribution in [0.2, 0.25) is 5.02 Å². The fourth-order valence-electron chi connectivity index (χ4n) is 4.45. The molecule has 5 nitrogen and oxygen atoms in total. The van der Waals surface area contributed by atoms with Gasteiger partial charge in [-0.15, -0.1) is 0 Å². The first-order valence-electron chi connectivity index (χ1n) is 9.47. The summed E-state index contributed by atoms with van der Waals surface area (Å²) in [6.07, 6.45) is 3.97. The van der Waals surface area contributed by atoms with Crippen LogP contribution in [0.25, 0.3) is 0 Å². The molecular formula is C20H25ClN2O3. The number of hydrogen-bond donors (Lipinski definition) is 0. The zero-order chi connectivity index (χ0) is 18.1. The van der Waals surface area contributed by atoms with E-state index in [9.17, 15) is 9.59 Å². The predicted octanol–water partition coefficient (Wildman–Crippen LogP) is 2.86. The molecule has 0 radical (unpaired) electrons. The third kappa shape index (κ3) is 3.60. The zero-order valence-corrected chi connectivity index (χ0v) is 15.7. The molecule has 0 aliphatic carbocycles. The van der Waals surface area contributed by atoms with Gasteiger partial charge in [0.05, 0.1) is 0 Å². The largest absolute Gasteiger partial charge is 0.368 e. The number of rotatable bonds is 3. The van der Waals surface area contributed by atoms with E-state index in [1.807, 2.05) is 34.1 Å². The van der Waals surface area contributed by atoms with Gasteiger partial charge in [-0.05, 0) is 43.4 Å². The number of nitrogens with zero attached hydrogens (tertiary/aromatic N) is 2. The summed E-state index contributed by atoms with van der Waals surface area (Å²) in [4.78, 5) is 29.0. The molecule has 1 spiro atoms. The summed E-state index contributed by atoms with van der Waals surface area (Å²) in [6, 6.07) is 7.68. The summed E-state index contributed by atoms with van der Waals surface area (Å²) < 4.78 is 5.53. The fourth-order valence-corrected chi connectivity index (χ4v) is 4.57. The highest BCUT2D eigenvalue weighted by atomic mass is 35.5. The molecule has 3 aliphatic rings. The topological polar surface area (TPSA) is 49.9 Å². The molecule has 0 bridgehead atoms. The maximum Gasteiger partial charge on any atom is 0.251 e. The molecule has 3 heterocycles. The summed E-state index contributed by atoms with van der Waals surface area (Å²) in [7, 11) is 0. The van der Waals surface area contributed by atoms with E-state index >= 15 is 0 Å². The number of carbonyl (C=O) groups excluding carboxylic acids is 2. The van der Waals surface area contributed by atoms with Crippen LogP contribution in [0.5, 0.6) is 0 Å². The van der Waals surface area contributed by atoms with Crippen LogP contribution in [-0.2, 0) is 20.9 Å². The van der Waals surface area contributed by atoms with E-state index in [-0.39, 0.29) is 23.3 Å². The number of likely N-dealkylation sites (tertiary alicyclic amines) is 2. The van der Waals surface area contributed by atoms with Gasteiger partial charge in [-0.1, -0.05) is 23.7 Å². The lowest BCUT2D eigenvalue weighted by Gasteiger charge is -2.39. The average molecular weight is 377 g/mol. The Kier molecular flexibility index (Phi) is 4.93. The van der Waals surface area contributed by atoms with Crippen molar-refractivity contribution in [2.45, 2.75) is 44.8 Å². The summed E-state index contributed by atoms with van der Waals surface area (Å²) in [5, 5.41) is 0.709. The van der Waals surface area contributed by atoms with E-state index in [4.69, 9.17) is 16.3 Å². The van der Waals surface area contributed by atoms with Gasteiger partial charge in [-0.2, -0.15) is 0 Å². The van der Waals surface area contributed by atoms with Gasteiger partial charge < -0.3 is 14.5 Å². The second-order valence-corrected chi connectivity index (χ2v) is 8.32. The molecule has 0 N–H and O–H groups in total. The normalized spacial score (nSPS) is 25.3. The smallest absolute Gasteiger partial charge is 0.251 e. The Hall–Kier alpha value is -1.59. The standard InChI is InChI=1S/C20H25ClN2O3/c21-16-5-3-15(4-6-16)13-23-14-20(12-18(23)24)7-9-22(10-8-20)19(25)17-2-1-11-26-17/h3-6,17H,1-2,7-14H2/t17-/m1/s1. The highest BCUT2D eigenvalue weighted by Crippen LogP contribution is 2.41. The van der Waals surface area contributed by atoms with Crippen LogP contribution in [0.1, 0.15) is 37.7 Å². The molecule has 0 aromatic heterocycles. The highest BCUT2D eigenvalue weighted by molar-refractivity contribution is 6.30. The highest BCUT2D eigenvalue weighted by Gasteiger charge is 2.46. The van der Waals surface area contributed by atoms with Crippen molar-refractivity contribution >= 4 is 23.4 Å². The van der Waals surface area contributed by atoms with E-state index < -0.39 is 0 Å². The Bertz CT molecular complexity index is 677. The summed E-state index contributed by atoms with van der Waals surface area (Å²) in [6.45, 7) is 3.59. The molecule has 1 aromatic rings. The minimum absolute atomic E-state index is 0.0246. The lowest BCUT2D eigenvalue weighted by Crippen LogP contribution is -2.47. The number of hydrogen-bond acceptors (Lipinski definition) is 3. The lowest BCUT2D eigenvalue weighted by atomic mass is 9.77. The number of carbonyl (C=O) groups is 2. The number of piperidine rings is 1. The quantitative estimate of drug-likeness (QED) is 0.815. The molecule has 0 saturated carbocycles. The van der Waals surface area contributed by atoms with Crippen molar-refractivity contribution in [3.63, 3.8) is 0 Å². The molecule has 2 amide bonds. The summed E-state index contributed by atoms with van der Waals surface area (Å²) in [5.41, 5.74) is 1.13. The van der Waals surface area contributed by atoms with E-state index in [2.05, 4.69) is 0 Å². The Balaban J connectivity index is 1.34. The molecule has 1 aromatic carbocycles. The lowest BCUT2D eigenvalue weighted by molar-refractivity contribution is -0.143. The second-order valence-electron chi connectivity index (χ2n) is 7.88. The van der Waals surface area contributed by atoms with Crippen molar-refractivity contribution in [1.82, 2.24) is 9.80 Å². The maximum absolute atomic E-state index is 12.5. The Morgan fingerprint density at radius 2 is 1.96 bits per heavy atom. The van der Waals surface area contributed by atoms with Crippen molar-refractivity contribution < 1.29 is 14.3 Å². The maximum atomic E-state index is 12.5. The fraction of sp³-hybridized carbons (Fsp3) is 0.600. The molecule has 3 fully saturated rings. The second kappa shape index (κ2) is 7.20. The first kappa shape index (κ1) is 17.8. The van der Waals surface area contributed by atoms with E-state index in [1.165, 1.54) is 0 Å². The van der Waals surface area contributed by atoms with Gasteiger partial charge in [-0.25, -0.2) is 0 Å². The van der Waals surface area contributed by atoms with E-state index in [0.717, 1.165) is 50.9 Å². The van der Waals surface area contributed by atoms with Crippen LogP contribution in [-0.4, -0.2) is 54.0 Å². The third-order valence-electron chi connectivity index (χ3n) is 6.03. The molecule has 1 atom stereocenters. The molecule has 0 unspecified atom stereocenters. The SMILES string of the molecule is O=C1CC2(CCN(C(=O)[C@H]3CCCO3)CC2)CN1Cc1ccc(Cl)cc1. The van der Waals surface area contributed by atoms with Gasteiger partial charge in [0.25, 0.3) is 5.91 Å². The van der Waals surface area contributed by atoms with Crippen LogP contribution in [0.15, 0.2) is 24.3 Å². The van der Waals surface area contributed by atoms with Crippen molar-refractivity contribution in [3.05, 3.63) is 34.9 Å². The molecular weight excluding hydrogens is 352 g/mol. The average Bonchev–Trinajstić information content (AvgIpc) is 3.26. The predicted molar refractivity (Wildman–Crippen MR) is 98.7 cm³/mol.